The van der Waals surface area contributed by atoms with E-state index >= 15 is 0 Å². The van der Waals surface area contributed by atoms with Crippen molar-refractivity contribution >= 4 is 6.08 Å². The third-order valence-electron chi connectivity index (χ3n) is 1.30. The van der Waals surface area contributed by atoms with Gasteiger partial charge in [-0.25, -0.2) is 0 Å². The molecule has 56 valence electrons. The molecule has 0 fully saturated rings. The Balaban J connectivity index is 2.66. The fourth-order valence-corrected chi connectivity index (χ4v) is 0.785. The fraction of sp³-hybridized carbons (Fsp3) is 0. The number of terminal acetylenes is 1. The first-order valence-electron chi connectivity index (χ1n) is 3.61. The smallest absolute Gasteiger partial charge is 0.0103 e. The van der Waals surface area contributed by atoms with E-state index < -0.39 is 0 Å². The van der Waals surface area contributed by atoms with E-state index in [4.69, 9.17) is 6.42 Å². The van der Waals surface area contributed by atoms with Gasteiger partial charge in [-0.3, -0.25) is 0 Å². The molecule has 0 saturated heterocycles. The molecule has 0 atom stereocenters. The van der Waals surface area contributed by atoms with Crippen molar-refractivity contribution in [2.75, 3.05) is 0 Å². The van der Waals surface area contributed by atoms with Crippen molar-refractivity contribution in [3.8, 4) is 24.2 Å². The summed E-state index contributed by atoms with van der Waals surface area (Å²) >= 11 is 0. The summed E-state index contributed by atoms with van der Waals surface area (Å²) in [6, 6.07) is 9.95. The summed E-state index contributed by atoms with van der Waals surface area (Å²) in [5.41, 5.74) is 1.13. The van der Waals surface area contributed by atoms with E-state index in [1.165, 1.54) is 0 Å². The summed E-state index contributed by atoms with van der Waals surface area (Å²) in [6.45, 7) is 0. The lowest BCUT2D eigenvalue weighted by atomic mass is 10.2. The van der Waals surface area contributed by atoms with Crippen molar-refractivity contribution in [3.63, 3.8) is 0 Å². The summed E-state index contributed by atoms with van der Waals surface area (Å²) < 4.78 is 0. The summed E-state index contributed by atoms with van der Waals surface area (Å²) in [6.07, 6.45) is 8.62. The van der Waals surface area contributed by atoms with E-state index in [2.05, 4.69) is 17.8 Å². The summed E-state index contributed by atoms with van der Waals surface area (Å²) in [5, 5.41) is 0. The van der Waals surface area contributed by atoms with Crippen LogP contribution in [0.3, 0.4) is 0 Å². The minimum Gasteiger partial charge on any atom is -0.106 e. The number of benzene rings is 1. The maximum absolute atomic E-state index is 4.95. The Kier molecular flexibility index (Phi) is 3.29. The van der Waals surface area contributed by atoms with Gasteiger partial charge in [0.15, 0.2) is 0 Å². The minimum absolute atomic E-state index is 1.13. The molecule has 0 saturated carbocycles. The second-order valence-corrected chi connectivity index (χ2v) is 2.16. The Bertz CT molecular complexity index is 353. The lowest BCUT2D eigenvalue weighted by molar-refractivity contribution is 1.66. The van der Waals surface area contributed by atoms with Crippen LogP contribution in [-0.4, -0.2) is 0 Å². The van der Waals surface area contributed by atoms with Crippen LogP contribution in [0.25, 0.3) is 6.08 Å². The molecular weight excluding hydrogens is 144 g/mol. The van der Waals surface area contributed by atoms with Gasteiger partial charge in [-0.1, -0.05) is 36.3 Å². The zero-order valence-corrected chi connectivity index (χ0v) is 6.62. The number of rotatable bonds is 1. The van der Waals surface area contributed by atoms with Crippen LogP contribution < -0.4 is 0 Å². The van der Waals surface area contributed by atoms with Gasteiger partial charge in [0.25, 0.3) is 0 Å². The Morgan fingerprint density at radius 2 is 1.92 bits per heavy atom. The topological polar surface area (TPSA) is 0 Å². The Morgan fingerprint density at radius 3 is 2.58 bits per heavy atom. The first kappa shape index (κ1) is 8.18. The third-order valence-corrected chi connectivity index (χ3v) is 1.30. The standard InChI is InChI=1S/C12H8/c1-2-3-4-6-9-12-10-7-5-8-11-12/h1,5-11H. The van der Waals surface area contributed by atoms with Gasteiger partial charge in [0.05, 0.1) is 0 Å². The van der Waals surface area contributed by atoms with E-state index in [0.717, 1.165) is 5.56 Å². The second kappa shape index (κ2) is 4.83. The fourth-order valence-electron chi connectivity index (χ4n) is 0.785. The van der Waals surface area contributed by atoms with Crippen LogP contribution in [0.4, 0.5) is 0 Å². The van der Waals surface area contributed by atoms with Crippen LogP contribution in [0.15, 0.2) is 36.4 Å². The van der Waals surface area contributed by atoms with Crippen molar-refractivity contribution in [3.05, 3.63) is 42.0 Å². The maximum atomic E-state index is 4.95. The highest BCUT2D eigenvalue weighted by Gasteiger charge is 1.78. The normalized spacial score (nSPS) is 8.58. The van der Waals surface area contributed by atoms with E-state index in [9.17, 15) is 0 Å². The minimum atomic E-state index is 1.13. The monoisotopic (exact) mass is 152 g/mol. The van der Waals surface area contributed by atoms with Gasteiger partial charge in [-0.2, -0.15) is 0 Å². The Labute approximate surface area is 72.9 Å². The zero-order chi connectivity index (χ0) is 8.65. The van der Waals surface area contributed by atoms with Crippen molar-refractivity contribution in [2.45, 2.75) is 0 Å². The van der Waals surface area contributed by atoms with Gasteiger partial charge in [-0.15, -0.1) is 6.42 Å². The molecule has 1 aromatic carbocycles. The molecule has 0 nitrogen and oxygen atoms in total. The predicted molar refractivity (Wildman–Crippen MR) is 52.1 cm³/mol. The maximum Gasteiger partial charge on any atom is -0.0103 e. The summed E-state index contributed by atoms with van der Waals surface area (Å²) in [5.74, 6) is 7.47. The van der Waals surface area contributed by atoms with Crippen LogP contribution in [-0.2, 0) is 0 Å². The molecule has 0 radical (unpaired) electrons. The van der Waals surface area contributed by atoms with Gasteiger partial charge in [0, 0.05) is 0 Å². The molecule has 0 N–H and O–H groups in total. The van der Waals surface area contributed by atoms with Crippen molar-refractivity contribution in [1.82, 2.24) is 0 Å². The molecule has 0 heteroatoms. The molecule has 1 rings (SSSR count). The zero-order valence-electron chi connectivity index (χ0n) is 6.62. The number of allylic oxidation sites excluding steroid dienone is 1. The van der Waals surface area contributed by atoms with Crippen LogP contribution in [0.1, 0.15) is 5.56 Å². The van der Waals surface area contributed by atoms with E-state index in [0.29, 0.717) is 0 Å². The molecular formula is C12H8. The van der Waals surface area contributed by atoms with Gasteiger partial charge >= 0.3 is 0 Å². The lowest BCUT2D eigenvalue weighted by Gasteiger charge is -1.86. The molecule has 0 bridgehead atoms. The van der Waals surface area contributed by atoms with E-state index in [-0.39, 0.29) is 0 Å². The quantitative estimate of drug-likeness (QED) is 0.542. The third kappa shape index (κ3) is 2.78. The van der Waals surface area contributed by atoms with Crippen molar-refractivity contribution < 1.29 is 0 Å². The average Bonchev–Trinajstić information content (AvgIpc) is 2.14. The average molecular weight is 152 g/mol. The van der Waals surface area contributed by atoms with Gasteiger partial charge in [0.1, 0.15) is 0 Å². The van der Waals surface area contributed by atoms with Crippen LogP contribution in [0.5, 0.6) is 0 Å². The molecule has 0 aliphatic carbocycles. The van der Waals surface area contributed by atoms with Crippen LogP contribution in [0, 0.1) is 24.2 Å². The molecule has 0 aliphatic heterocycles. The van der Waals surface area contributed by atoms with Crippen LogP contribution >= 0.6 is 0 Å². The molecule has 0 unspecified atom stereocenters. The van der Waals surface area contributed by atoms with E-state index in [1.807, 2.05) is 36.4 Å². The van der Waals surface area contributed by atoms with Gasteiger partial charge in [-0.05, 0) is 29.6 Å². The van der Waals surface area contributed by atoms with E-state index in [1.54, 1.807) is 6.08 Å². The first-order chi connectivity index (χ1) is 5.93. The molecule has 0 amide bonds. The summed E-state index contributed by atoms with van der Waals surface area (Å²) in [7, 11) is 0. The second-order valence-electron chi connectivity index (χ2n) is 2.16. The Hall–Kier alpha value is -1.92. The summed E-state index contributed by atoms with van der Waals surface area (Å²) in [4.78, 5) is 0. The van der Waals surface area contributed by atoms with Crippen LogP contribution in [0.2, 0.25) is 0 Å². The highest BCUT2D eigenvalue weighted by molar-refractivity contribution is 5.52. The Morgan fingerprint density at radius 1 is 1.17 bits per heavy atom. The number of hydrogen-bond acceptors (Lipinski definition) is 0. The van der Waals surface area contributed by atoms with Crippen molar-refractivity contribution in [2.24, 2.45) is 0 Å². The molecule has 12 heavy (non-hydrogen) atoms. The molecule has 0 spiro atoms. The largest absolute Gasteiger partial charge is 0.106 e. The molecule has 0 heterocycles. The number of hydrogen-bond donors (Lipinski definition) is 0. The SMILES string of the molecule is C#CC#CC=Cc1ccccc1. The van der Waals surface area contributed by atoms with Crippen molar-refractivity contribution in [1.29, 1.82) is 0 Å². The predicted octanol–water partition coefficient (Wildman–Crippen LogP) is 2.34. The van der Waals surface area contributed by atoms with Gasteiger partial charge in [0.2, 0.25) is 0 Å². The molecule has 0 aromatic heterocycles. The highest BCUT2D eigenvalue weighted by atomic mass is 13.8. The first-order valence-corrected chi connectivity index (χ1v) is 3.61. The highest BCUT2D eigenvalue weighted by Crippen LogP contribution is 1.99. The molecule has 1 aromatic rings. The molecule has 0 aliphatic rings. The lowest BCUT2D eigenvalue weighted by Crippen LogP contribution is -1.66. The van der Waals surface area contributed by atoms with Gasteiger partial charge < -0.3 is 0 Å².